The van der Waals surface area contributed by atoms with E-state index in [4.69, 9.17) is 11.6 Å². The predicted octanol–water partition coefficient (Wildman–Crippen LogP) is 3.14. The van der Waals surface area contributed by atoms with Crippen molar-refractivity contribution in [1.29, 1.82) is 0 Å². The number of hydrogen-bond donors (Lipinski definition) is 0. The number of amides is 1. The lowest BCUT2D eigenvalue weighted by atomic mass is 10.2. The summed E-state index contributed by atoms with van der Waals surface area (Å²) < 4.78 is 37.8. The second kappa shape index (κ2) is 6.92. The van der Waals surface area contributed by atoms with Crippen LogP contribution in [0.15, 0.2) is 42.6 Å². The normalized spacial score (nSPS) is 15.4. The van der Waals surface area contributed by atoms with E-state index in [1.54, 1.807) is 29.2 Å². The van der Waals surface area contributed by atoms with E-state index in [1.165, 1.54) is 6.07 Å². The zero-order valence-corrected chi connectivity index (χ0v) is 13.9. The lowest BCUT2D eigenvalue weighted by Gasteiger charge is -2.31. The van der Waals surface area contributed by atoms with Crippen LogP contribution in [0.4, 0.5) is 19.0 Å². The third kappa shape index (κ3) is 4.04. The highest BCUT2D eigenvalue weighted by molar-refractivity contribution is 6.30. The number of nitrogens with one attached hydrogen (secondary N) is 1. The summed E-state index contributed by atoms with van der Waals surface area (Å²) >= 11 is 5.91. The van der Waals surface area contributed by atoms with E-state index in [2.05, 4.69) is 4.98 Å². The molecular formula is C17H16ClF3N3O+. The molecule has 1 amide bonds. The van der Waals surface area contributed by atoms with Crippen molar-refractivity contribution in [3.63, 3.8) is 0 Å². The van der Waals surface area contributed by atoms with Gasteiger partial charge in [-0.25, -0.2) is 4.98 Å². The highest BCUT2D eigenvalue weighted by Gasteiger charge is 2.33. The summed E-state index contributed by atoms with van der Waals surface area (Å²) in [5.74, 6) is 0.501. The monoisotopic (exact) mass is 370 g/mol. The van der Waals surface area contributed by atoms with Crippen molar-refractivity contribution in [3.8, 4) is 0 Å². The summed E-state index contributed by atoms with van der Waals surface area (Å²) in [6.07, 6.45) is -3.41. The van der Waals surface area contributed by atoms with E-state index in [0.29, 0.717) is 42.6 Å². The number of carbonyl (C=O) groups excluding carboxylic acids is 1. The Hall–Kier alpha value is -2.28. The molecule has 0 bridgehead atoms. The fourth-order valence-electron chi connectivity index (χ4n) is 2.74. The molecule has 1 N–H and O–H groups in total. The number of rotatable bonds is 2. The second-order valence-electron chi connectivity index (χ2n) is 5.75. The van der Waals surface area contributed by atoms with Gasteiger partial charge in [-0.3, -0.25) is 9.69 Å². The Morgan fingerprint density at radius 2 is 1.80 bits per heavy atom. The number of nitrogens with zero attached hydrogens (tertiary/aromatic N) is 2. The largest absolute Gasteiger partial charge is 0.419 e. The number of benzene rings is 1. The molecule has 1 aromatic carbocycles. The van der Waals surface area contributed by atoms with Crippen LogP contribution >= 0.6 is 11.6 Å². The van der Waals surface area contributed by atoms with Crippen molar-refractivity contribution < 1.29 is 22.9 Å². The van der Waals surface area contributed by atoms with Crippen molar-refractivity contribution >= 4 is 23.3 Å². The number of carbonyl (C=O) groups is 1. The SMILES string of the molecule is O=C(c1cccc(Cl)c1)N1CCN(c2ccc(C(F)(F)F)c[nH+]2)CC1. The van der Waals surface area contributed by atoms with Crippen LogP contribution in [0, 0.1) is 0 Å². The first-order valence-electron chi connectivity index (χ1n) is 7.73. The van der Waals surface area contributed by atoms with Crippen LogP contribution in [-0.4, -0.2) is 37.0 Å². The molecule has 1 aliphatic heterocycles. The van der Waals surface area contributed by atoms with Crippen LogP contribution in [0.2, 0.25) is 5.02 Å². The molecule has 1 saturated heterocycles. The Labute approximate surface area is 147 Å². The molecule has 8 heteroatoms. The number of alkyl halides is 3. The topological polar surface area (TPSA) is 37.7 Å². The van der Waals surface area contributed by atoms with Crippen molar-refractivity contribution in [1.82, 2.24) is 4.90 Å². The van der Waals surface area contributed by atoms with Gasteiger partial charge in [0, 0.05) is 16.7 Å². The van der Waals surface area contributed by atoms with Crippen molar-refractivity contribution in [2.24, 2.45) is 0 Å². The van der Waals surface area contributed by atoms with Gasteiger partial charge in [0.15, 0.2) is 0 Å². The van der Waals surface area contributed by atoms with Crippen molar-refractivity contribution in [2.45, 2.75) is 6.18 Å². The van der Waals surface area contributed by atoms with Crippen LogP contribution in [0.1, 0.15) is 15.9 Å². The molecule has 1 aromatic heterocycles. The van der Waals surface area contributed by atoms with Crippen LogP contribution in [-0.2, 0) is 6.18 Å². The number of halogens is 4. The van der Waals surface area contributed by atoms with Crippen LogP contribution in [0.3, 0.4) is 0 Å². The minimum Gasteiger partial charge on any atom is -0.331 e. The molecule has 0 saturated carbocycles. The molecule has 3 rings (SSSR count). The van der Waals surface area contributed by atoms with Crippen LogP contribution in [0.5, 0.6) is 0 Å². The zero-order chi connectivity index (χ0) is 18.0. The quantitative estimate of drug-likeness (QED) is 0.814. The number of aromatic amines is 1. The number of H-pyrrole nitrogens is 1. The molecule has 0 aliphatic carbocycles. The standard InChI is InChI=1S/C17H15ClF3N3O/c18-14-3-1-2-12(10-14)16(25)24-8-6-23(7-9-24)15-5-4-13(11-22-15)17(19,20)21/h1-5,10-11H,6-9H2/p+1. The maximum absolute atomic E-state index is 12.6. The fourth-order valence-corrected chi connectivity index (χ4v) is 2.93. The average Bonchev–Trinajstić information content (AvgIpc) is 2.61. The van der Waals surface area contributed by atoms with Crippen molar-refractivity contribution in [2.75, 3.05) is 31.1 Å². The predicted molar refractivity (Wildman–Crippen MR) is 87.6 cm³/mol. The van der Waals surface area contributed by atoms with E-state index < -0.39 is 11.7 Å². The lowest BCUT2D eigenvalue weighted by Crippen LogP contribution is -2.50. The average molecular weight is 371 g/mol. The first-order valence-corrected chi connectivity index (χ1v) is 8.11. The van der Waals surface area contributed by atoms with E-state index in [-0.39, 0.29) is 5.91 Å². The minimum absolute atomic E-state index is 0.0986. The minimum atomic E-state index is -4.36. The van der Waals surface area contributed by atoms with E-state index in [9.17, 15) is 18.0 Å². The molecule has 0 radical (unpaired) electrons. The summed E-state index contributed by atoms with van der Waals surface area (Å²) in [6, 6.07) is 9.23. The smallest absolute Gasteiger partial charge is 0.331 e. The van der Waals surface area contributed by atoms with Gasteiger partial charge in [-0.15, -0.1) is 0 Å². The summed E-state index contributed by atoms with van der Waals surface area (Å²) in [5.41, 5.74) is -0.187. The Kier molecular flexibility index (Phi) is 4.85. The molecule has 1 aliphatic rings. The highest BCUT2D eigenvalue weighted by atomic mass is 35.5. The molecule has 0 atom stereocenters. The van der Waals surface area contributed by atoms with E-state index >= 15 is 0 Å². The Morgan fingerprint density at radius 3 is 2.36 bits per heavy atom. The van der Waals surface area contributed by atoms with Crippen molar-refractivity contribution in [3.05, 3.63) is 58.7 Å². The fraction of sp³-hybridized carbons (Fsp3) is 0.294. The molecule has 2 heterocycles. The number of anilines is 1. The third-order valence-corrected chi connectivity index (χ3v) is 4.34. The molecule has 0 spiro atoms. The first kappa shape index (κ1) is 17.5. The highest BCUT2D eigenvalue weighted by Crippen LogP contribution is 2.28. The van der Waals surface area contributed by atoms with Gasteiger partial charge in [0.25, 0.3) is 11.7 Å². The summed E-state index contributed by atoms with van der Waals surface area (Å²) in [7, 11) is 0. The summed E-state index contributed by atoms with van der Waals surface area (Å²) in [6.45, 7) is 2.04. The molecule has 0 unspecified atom stereocenters. The zero-order valence-electron chi connectivity index (χ0n) is 13.2. The van der Waals surface area contributed by atoms with Gasteiger partial charge in [0.2, 0.25) is 0 Å². The van der Waals surface area contributed by atoms with Gasteiger partial charge in [-0.1, -0.05) is 17.7 Å². The van der Waals surface area contributed by atoms with Gasteiger partial charge in [-0.05, 0) is 24.3 Å². The molecular weight excluding hydrogens is 355 g/mol. The second-order valence-corrected chi connectivity index (χ2v) is 6.19. The van der Waals surface area contributed by atoms with E-state index in [0.717, 1.165) is 12.3 Å². The molecule has 2 aromatic rings. The number of hydrogen-bond acceptors (Lipinski definition) is 2. The van der Waals surface area contributed by atoms with Crippen LogP contribution in [0.25, 0.3) is 0 Å². The molecule has 4 nitrogen and oxygen atoms in total. The summed E-state index contributed by atoms with van der Waals surface area (Å²) in [4.78, 5) is 18.8. The lowest BCUT2D eigenvalue weighted by molar-refractivity contribution is -0.367. The number of piperazine rings is 1. The Morgan fingerprint density at radius 1 is 1.08 bits per heavy atom. The first-order chi connectivity index (χ1) is 11.8. The number of aromatic nitrogens is 1. The maximum atomic E-state index is 12.6. The maximum Gasteiger partial charge on any atom is 0.419 e. The van der Waals surface area contributed by atoms with Gasteiger partial charge in [0.1, 0.15) is 19.3 Å². The summed E-state index contributed by atoms with van der Waals surface area (Å²) in [5, 5.41) is 0.504. The van der Waals surface area contributed by atoms with Crippen LogP contribution < -0.4 is 9.88 Å². The Balaban J connectivity index is 1.63. The molecule has 1 fully saturated rings. The molecule has 132 valence electrons. The number of pyridine rings is 1. The van der Waals surface area contributed by atoms with Gasteiger partial charge >= 0.3 is 6.18 Å². The Bertz CT molecular complexity index is 756. The molecule has 25 heavy (non-hydrogen) atoms. The third-order valence-electron chi connectivity index (χ3n) is 4.10. The van der Waals surface area contributed by atoms with Gasteiger partial charge in [-0.2, -0.15) is 13.2 Å². The van der Waals surface area contributed by atoms with Gasteiger partial charge < -0.3 is 4.90 Å². The van der Waals surface area contributed by atoms with E-state index in [1.807, 2.05) is 4.90 Å². The van der Waals surface area contributed by atoms with Gasteiger partial charge in [0.05, 0.1) is 18.7 Å².